The number of aryl methyl sites for hydroxylation is 1. The van der Waals surface area contributed by atoms with Gasteiger partial charge in [0.05, 0.1) is 0 Å². The lowest BCUT2D eigenvalue weighted by atomic mass is 10.1. The molecule has 1 aromatic carbocycles. The maximum Gasteiger partial charge on any atom is 0.207 e. The molecular formula is C14H19NO. The topological polar surface area (TPSA) is 29.1 Å². The van der Waals surface area contributed by atoms with E-state index in [2.05, 4.69) is 35.7 Å². The lowest BCUT2D eigenvalue weighted by Gasteiger charge is -1.99. The summed E-state index contributed by atoms with van der Waals surface area (Å²) in [6.45, 7) is 0.641. The first-order valence-corrected chi connectivity index (χ1v) is 5.79. The van der Waals surface area contributed by atoms with E-state index in [9.17, 15) is 4.79 Å². The van der Waals surface area contributed by atoms with E-state index < -0.39 is 0 Å². The molecule has 0 saturated carbocycles. The smallest absolute Gasteiger partial charge is 0.207 e. The molecule has 1 amide bonds. The monoisotopic (exact) mass is 217 g/mol. The Balaban J connectivity index is 2.00. The van der Waals surface area contributed by atoms with Crippen molar-refractivity contribution in [3.8, 4) is 0 Å². The molecule has 0 aliphatic heterocycles. The van der Waals surface area contributed by atoms with Gasteiger partial charge >= 0.3 is 0 Å². The summed E-state index contributed by atoms with van der Waals surface area (Å²) in [5, 5.41) is 2.60. The van der Waals surface area contributed by atoms with Gasteiger partial charge < -0.3 is 5.32 Å². The Morgan fingerprint density at radius 2 is 1.88 bits per heavy atom. The predicted octanol–water partition coefficient (Wildman–Crippen LogP) is 2.70. The number of rotatable bonds is 8. The van der Waals surface area contributed by atoms with Crippen LogP contribution in [-0.2, 0) is 11.2 Å². The van der Waals surface area contributed by atoms with Gasteiger partial charge in [0.15, 0.2) is 0 Å². The van der Waals surface area contributed by atoms with Crippen LogP contribution in [0.1, 0.15) is 24.8 Å². The summed E-state index contributed by atoms with van der Waals surface area (Å²) in [5.41, 5.74) is 1.41. The van der Waals surface area contributed by atoms with Gasteiger partial charge in [0.1, 0.15) is 0 Å². The Morgan fingerprint density at radius 1 is 1.06 bits per heavy atom. The third-order valence-corrected chi connectivity index (χ3v) is 2.41. The van der Waals surface area contributed by atoms with Crippen LogP contribution in [0.5, 0.6) is 0 Å². The maximum absolute atomic E-state index is 9.95. The van der Waals surface area contributed by atoms with Gasteiger partial charge in [-0.05, 0) is 31.2 Å². The van der Waals surface area contributed by atoms with E-state index in [0.29, 0.717) is 6.54 Å². The van der Waals surface area contributed by atoms with Crippen molar-refractivity contribution in [1.29, 1.82) is 0 Å². The van der Waals surface area contributed by atoms with Crippen molar-refractivity contribution in [2.45, 2.75) is 25.7 Å². The van der Waals surface area contributed by atoms with Gasteiger partial charge in [-0.15, -0.1) is 0 Å². The molecule has 1 rings (SSSR count). The summed E-state index contributed by atoms with van der Waals surface area (Å²) in [5.74, 6) is 0. The van der Waals surface area contributed by atoms with E-state index in [1.165, 1.54) is 18.4 Å². The Morgan fingerprint density at radius 3 is 2.62 bits per heavy atom. The number of carbonyl (C=O) groups excluding carboxylic acids is 1. The summed E-state index contributed by atoms with van der Waals surface area (Å²) in [7, 11) is 0. The van der Waals surface area contributed by atoms with Gasteiger partial charge in [-0.3, -0.25) is 4.79 Å². The molecule has 2 nitrogen and oxygen atoms in total. The highest BCUT2D eigenvalue weighted by Crippen LogP contribution is 2.06. The molecule has 0 heterocycles. The number of allylic oxidation sites excluding steroid dienone is 1. The number of hydrogen-bond donors (Lipinski definition) is 1. The Kier molecular flexibility index (Phi) is 6.81. The normalized spacial score (nSPS) is 10.5. The minimum Gasteiger partial charge on any atom is -0.355 e. The largest absolute Gasteiger partial charge is 0.355 e. The van der Waals surface area contributed by atoms with Crippen molar-refractivity contribution in [2.24, 2.45) is 0 Å². The molecule has 0 atom stereocenters. The number of nitrogens with one attached hydrogen (secondary N) is 1. The average Bonchev–Trinajstić information content (AvgIpc) is 2.34. The van der Waals surface area contributed by atoms with Gasteiger partial charge in [0, 0.05) is 6.54 Å². The Hall–Kier alpha value is -1.57. The van der Waals surface area contributed by atoms with E-state index in [4.69, 9.17) is 0 Å². The van der Waals surface area contributed by atoms with Crippen molar-refractivity contribution < 1.29 is 4.79 Å². The predicted molar refractivity (Wildman–Crippen MR) is 67.2 cm³/mol. The van der Waals surface area contributed by atoms with Crippen LogP contribution < -0.4 is 5.32 Å². The van der Waals surface area contributed by atoms with Crippen LogP contribution in [0.2, 0.25) is 0 Å². The molecule has 0 saturated heterocycles. The quantitative estimate of drug-likeness (QED) is 0.405. The standard InChI is InChI=1S/C14H19NO/c16-13-15-12-8-3-1-2-5-9-14-10-6-4-7-11-14/h3-4,6-8,10-11,13H,1-2,5,9,12H2,(H,15,16)/b8-3+. The zero-order valence-electron chi connectivity index (χ0n) is 9.56. The maximum atomic E-state index is 9.95. The van der Waals surface area contributed by atoms with Crippen LogP contribution in [0.15, 0.2) is 42.5 Å². The van der Waals surface area contributed by atoms with E-state index in [-0.39, 0.29) is 0 Å². The number of benzene rings is 1. The van der Waals surface area contributed by atoms with Crippen molar-refractivity contribution in [3.05, 3.63) is 48.0 Å². The second kappa shape index (κ2) is 8.72. The van der Waals surface area contributed by atoms with Gasteiger partial charge in [-0.1, -0.05) is 42.5 Å². The fraction of sp³-hybridized carbons (Fsp3) is 0.357. The highest BCUT2D eigenvalue weighted by Gasteiger charge is 1.90. The second-order valence-electron chi connectivity index (χ2n) is 3.73. The first kappa shape index (κ1) is 12.5. The lowest BCUT2D eigenvalue weighted by molar-refractivity contribution is -0.109. The number of unbranched alkanes of at least 4 members (excludes halogenated alkanes) is 2. The summed E-state index contributed by atoms with van der Waals surface area (Å²) in [4.78, 5) is 9.95. The highest BCUT2D eigenvalue weighted by molar-refractivity contribution is 5.46. The number of hydrogen-bond acceptors (Lipinski definition) is 1. The zero-order chi connectivity index (χ0) is 11.5. The first-order chi connectivity index (χ1) is 7.93. The van der Waals surface area contributed by atoms with E-state index in [1.807, 2.05) is 12.1 Å². The van der Waals surface area contributed by atoms with Crippen LogP contribution in [-0.4, -0.2) is 13.0 Å². The van der Waals surface area contributed by atoms with Crippen molar-refractivity contribution >= 4 is 6.41 Å². The summed E-state index contributed by atoms with van der Waals surface area (Å²) >= 11 is 0. The molecule has 1 aromatic rings. The van der Waals surface area contributed by atoms with E-state index in [1.54, 1.807) is 0 Å². The highest BCUT2D eigenvalue weighted by atomic mass is 16.1. The van der Waals surface area contributed by atoms with Gasteiger partial charge in [0.2, 0.25) is 6.41 Å². The molecule has 0 fully saturated rings. The van der Waals surface area contributed by atoms with Crippen LogP contribution in [0.25, 0.3) is 0 Å². The van der Waals surface area contributed by atoms with E-state index in [0.717, 1.165) is 19.3 Å². The molecule has 0 aliphatic carbocycles. The van der Waals surface area contributed by atoms with Gasteiger partial charge in [0.25, 0.3) is 0 Å². The summed E-state index contributed by atoms with van der Waals surface area (Å²) in [6.07, 6.45) is 9.51. The SMILES string of the molecule is O=CNC/C=C/CCCCc1ccccc1. The van der Waals surface area contributed by atoms with Crippen molar-refractivity contribution in [3.63, 3.8) is 0 Å². The van der Waals surface area contributed by atoms with Crippen LogP contribution in [0, 0.1) is 0 Å². The molecule has 0 aromatic heterocycles. The Bertz CT molecular complexity index is 306. The number of amides is 1. The van der Waals surface area contributed by atoms with E-state index >= 15 is 0 Å². The fourth-order valence-electron chi connectivity index (χ4n) is 1.55. The van der Waals surface area contributed by atoms with Crippen LogP contribution in [0.3, 0.4) is 0 Å². The summed E-state index contributed by atoms with van der Waals surface area (Å²) < 4.78 is 0. The average molecular weight is 217 g/mol. The van der Waals surface area contributed by atoms with Gasteiger partial charge in [-0.25, -0.2) is 0 Å². The third kappa shape index (κ3) is 6.02. The van der Waals surface area contributed by atoms with Crippen LogP contribution >= 0.6 is 0 Å². The second-order valence-corrected chi connectivity index (χ2v) is 3.73. The molecule has 16 heavy (non-hydrogen) atoms. The Labute approximate surface area is 97.4 Å². The molecule has 0 spiro atoms. The van der Waals surface area contributed by atoms with Gasteiger partial charge in [-0.2, -0.15) is 0 Å². The third-order valence-electron chi connectivity index (χ3n) is 2.41. The molecular weight excluding hydrogens is 198 g/mol. The molecule has 2 heteroatoms. The molecule has 0 radical (unpaired) electrons. The molecule has 0 unspecified atom stereocenters. The minimum atomic E-state index is 0.641. The summed E-state index contributed by atoms with van der Waals surface area (Å²) in [6, 6.07) is 10.6. The zero-order valence-corrected chi connectivity index (χ0v) is 9.56. The van der Waals surface area contributed by atoms with Crippen molar-refractivity contribution in [2.75, 3.05) is 6.54 Å². The first-order valence-electron chi connectivity index (χ1n) is 5.79. The van der Waals surface area contributed by atoms with Crippen molar-refractivity contribution in [1.82, 2.24) is 5.32 Å². The number of carbonyl (C=O) groups is 1. The molecule has 1 N–H and O–H groups in total. The molecule has 86 valence electrons. The molecule has 0 bridgehead atoms. The van der Waals surface area contributed by atoms with Crippen LogP contribution in [0.4, 0.5) is 0 Å². The molecule has 0 aliphatic rings. The lowest BCUT2D eigenvalue weighted by Crippen LogP contribution is -2.09. The minimum absolute atomic E-state index is 0.641. The fourth-order valence-corrected chi connectivity index (χ4v) is 1.55.